The van der Waals surface area contributed by atoms with Gasteiger partial charge in [0.05, 0.1) is 12.0 Å². The van der Waals surface area contributed by atoms with Crippen LogP contribution in [0.3, 0.4) is 0 Å². The molecule has 2 rings (SSSR count). The van der Waals surface area contributed by atoms with E-state index in [0.29, 0.717) is 23.5 Å². The van der Waals surface area contributed by atoms with E-state index in [0.717, 1.165) is 6.42 Å². The predicted octanol–water partition coefficient (Wildman–Crippen LogP) is 2.93. The van der Waals surface area contributed by atoms with Gasteiger partial charge in [-0.15, -0.1) is 11.8 Å². The number of benzene rings is 1. The van der Waals surface area contributed by atoms with Gasteiger partial charge in [0, 0.05) is 0 Å². The number of ether oxygens (including phenoxy) is 1. The van der Waals surface area contributed by atoms with Crippen molar-refractivity contribution in [1.29, 1.82) is 0 Å². The molecule has 5 heteroatoms. The lowest BCUT2D eigenvalue weighted by molar-refractivity contribution is -0.142. The quantitative estimate of drug-likeness (QED) is 0.899. The SMILES string of the molecule is COc1ccc(F)cc1SC1(C(=O)O)CCC1. The normalized spacial score (nSPS) is 17.3. The van der Waals surface area contributed by atoms with E-state index < -0.39 is 10.7 Å². The second kappa shape index (κ2) is 4.56. The number of carbonyl (C=O) groups is 1. The summed E-state index contributed by atoms with van der Waals surface area (Å²) in [4.78, 5) is 11.8. The summed E-state index contributed by atoms with van der Waals surface area (Å²) in [6.45, 7) is 0. The van der Waals surface area contributed by atoms with E-state index in [9.17, 15) is 14.3 Å². The number of methoxy groups -OCH3 is 1. The number of carboxylic acids is 1. The van der Waals surface area contributed by atoms with Crippen molar-refractivity contribution in [1.82, 2.24) is 0 Å². The third-order valence-electron chi connectivity index (χ3n) is 2.98. The lowest BCUT2D eigenvalue weighted by Gasteiger charge is -2.37. The minimum absolute atomic E-state index is 0.381. The lowest BCUT2D eigenvalue weighted by Crippen LogP contribution is -2.41. The first-order valence-electron chi connectivity index (χ1n) is 5.33. The molecule has 1 fully saturated rings. The second-order valence-corrected chi connectivity index (χ2v) is 5.48. The smallest absolute Gasteiger partial charge is 0.320 e. The molecule has 1 aliphatic rings. The summed E-state index contributed by atoms with van der Waals surface area (Å²) in [5.41, 5.74) is 0. The first-order valence-corrected chi connectivity index (χ1v) is 6.15. The van der Waals surface area contributed by atoms with Crippen molar-refractivity contribution in [2.75, 3.05) is 7.11 Å². The highest BCUT2D eigenvalue weighted by molar-refractivity contribution is 8.01. The minimum atomic E-state index is -0.833. The van der Waals surface area contributed by atoms with Gasteiger partial charge in [-0.3, -0.25) is 4.79 Å². The van der Waals surface area contributed by atoms with Crippen LogP contribution in [0.15, 0.2) is 23.1 Å². The molecular weight excluding hydrogens is 243 g/mol. The van der Waals surface area contributed by atoms with Gasteiger partial charge in [-0.05, 0) is 37.5 Å². The highest BCUT2D eigenvalue weighted by Crippen LogP contribution is 2.50. The Morgan fingerprint density at radius 1 is 1.53 bits per heavy atom. The van der Waals surface area contributed by atoms with Crippen molar-refractivity contribution in [3.63, 3.8) is 0 Å². The fraction of sp³-hybridized carbons (Fsp3) is 0.417. The molecule has 0 radical (unpaired) electrons. The van der Waals surface area contributed by atoms with Crippen molar-refractivity contribution in [2.45, 2.75) is 28.9 Å². The monoisotopic (exact) mass is 256 g/mol. The molecule has 0 atom stereocenters. The summed E-state index contributed by atoms with van der Waals surface area (Å²) < 4.78 is 17.5. The number of thioether (sulfide) groups is 1. The molecular formula is C12H13FO3S. The molecule has 1 saturated carbocycles. The van der Waals surface area contributed by atoms with Gasteiger partial charge in [0.15, 0.2) is 0 Å². The Bertz CT molecular complexity index is 443. The van der Waals surface area contributed by atoms with E-state index in [2.05, 4.69) is 0 Å². The largest absolute Gasteiger partial charge is 0.496 e. The summed E-state index contributed by atoms with van der Waals surface area (Å²) in [6, 6.07) is 4.15. The molecule has 1 aromatic carbocycles. The maximum absolute atomic E-state index is 13.2. The van der Waals surface area contributed by atoms with E-state index in [4.69, 9.17) is 4.74 Å². The molecule has 0 unspecified atom stereocenters. The van der Waals surface area contributed by atoms with Crippen LogP contribution in [-0.4, -0.2) is 22.9 Å². The van der Waals surface area contributed by atoms with E-state index in [1.54, 1.807) is 0 Å². The Hall–Kier alpha value is -1.23. The summed E-state index contributed by atoms with van der Waals surface area (Å²) in [6.07, 6.45) is 2.14. The molecule has 0 aromatic heterocycles. The first kappa shape index (κ1) is 12.2. The second-order valence-electron chi connectivity index (χ2n) is 4.05. The molecule has 0 heterocycles. The van der Waals surface area contributed by atoms with Crippen molar-refractivity contribution in [3.8, 4) is 5.75 Å². The van der Waals surface area contributed by atoms with Crippen molar-refractivity contribution in [2.24, 2.45) is 0 Å². The van der Waals surface area contributed by atoms with Crippen LogP contribution in [0.2, 0.25) is 0 Å². The molecule has 0 spiro atoms. The fourth-order valence-corrected chi connectivity index (χ4v) is 3.22. The molecule has 92 valence electrons. The first-order chi connectivity index (χ1) is 8.07. The molecule has 3 nitrogen and oxygen atoms in total. The molecule has 0 aliphatic heterocycles. The topological polar surface area (TPSA) is 46.5 Å². The van der Waals surface area contributed by atoms with Crippen LogP contribution < -0.4 is 4.74 Å². The van der Waals surface area contributed by atoms with E-state index >= 15 is 0 Å². The van der Waals surface area contributed by atoms with Gasteiger partial charge < -0.3 is 9.84 Å². The van der Waals surface area contributed by atoms with Crippen LogP contribution in [0, 0.1) is 5.82 Å². The Labute approximate surface area is 103 Å². The Morgan fingerprint density at radius 2 is 2.24 bits per heavy atom. The maximum atomic E-state index is 13.2. The zero-order chi connectivity index (χ0) is 12.5. The number of halogens is 1. The average Bonchev–Trinajstić information content (AvgIpc) is 2.23. The van der Waals surface area contributed by atoms with E-state index in [1.165, 1.54) is 37.1 Å². The third kappa shape index (κ3) is 2.24. The van der Waals surface area contributed by atoms with Crippen LogP contribution >= 0.6 is 11.8 Å². The van der Waals surface area contributed by atoms with Gasteiger partial charge in [0.25, 0.3) is 0 Å². The minimum Gasteiger partial charge on any atom is -0.496 e. The van der Waals surface area contributed by atoms with E-state index in [1.807, 2.05) is 0 Å². The summed E-state index contributed by atoms with van der Waals surface area (Å²) in [5.74, 6) is -0.697. The molecule has 1 aliphatic carbocycles. The standard InChI is InChI=1S/C12H13FO3S/c1-16-9-4-3-8(13)7-10(9)17-12(11(14)15)5-2-6-12/h3-4,7H,2,5-6H2,1H3,(H,14,15). The zero-order valence-electron chi connectivity index (χ0n) is 9.40. The van der Waals surface area contributed by atoms with Gasteiger partial charge >= 0.3 is 5.97 Å². The highest BCUT2D eigenvalue weighted by Gasteiger charge is 2.46. The number of carboxylic acid groups (broad SMARTS) is 1. The van der Waals surface area contributed by atoms with Gasteiger partial charge in [0.1, 0.15) is 16.3 Å². The summed E-state index contributed by atoms with van der Waals surface area (Å²) in [5, 5.41) is 9.22. The number of hydrogen-bond donors (Lipinski definition) is 1. The Kier molecular flexibility index (Phi) is 3.28. The van der Waals surface area contributed by atoms with Gasteiger partial charge in [-0.25, -0.2) is 4.39 Å². The molecule has 0 bridgehead atoms. The van der Waals surface area contributed by atoms with Crippen molar-refractivity contribution < 1.29 is 19.0 Å². The van der Waals surface area contributed by atoms with Gasteiger partial charge in [-0.1, -0.05) is 0 Å². The number of rotatable bonds is 4. The Balaban J connectivity index is 2.28. The average molecular weight is 256 g/mol. The molecule has 0 amide bonds. The number of aliphatic carboxylic acids is 1. The number of hydrogen-bond acceptors (Lipinski definition) is 3. The zero-order valence-corrected chi connectivity index (χ0v) is 10.2. The van der Waals surface area contributed by atoms with Crippen molar-refractivity contribution in [3.05, 3.63) is 24.0 Å². The fourth-order valence-electron chi connectivity index (χ4n) is 1.80. The Morgan fingerprint density at radius 3 is 2.71 bits per heavy atom. The third-order valence-corrected chi connectivity index (χ3v) is 4.49. The van der Waals surface area contributed by atoms with Crippen LogP contribution in [0.5, 0.6) is 5.75 Å². The maximum Gasteiger partial charge on any atom is 0.320 e. The highest BCUT2D eigenvalue weighted by atomic mass is 32.2. The molecule has 0 saturated heterocycles. The van der Waals surface area contributed by atoms with Crippen molar-refractivity contribution >= 4 is 17.7 Å². The lowest BCUT2D eigenvalue weighted by atomic mass is 9.84. The predicted molar refractivity (Wildman–Crippen MR) is 63.0 cm³/mol. The molecule has 17 heavy (non-hydrogen) atoms. The van der Waals surface area contributed by atoms with Crippen LogP contribution in [-0.2, 0) is 4.79 Å². The molecule has 1 N–H and O–H groups in total. The van der Waals surface area contributed by atoms with E-state index in [-0.39, 0.29) is 5.82 Å². The van der Waals surface area contributed by atoms with Crippen LogP contribution in [0.25, 0.3) is 0 Å². The molecule has 1 aromatic rings. The van der Waals surface area contributed by atoms with Gasteiger partial charge in [0.2, 0.25) is 0 Å². The summed E-state index contributed by atoms with van der Waals surface area (Å²) in [7, 11) is 1.49. The summed E-state index contributed by atoms with van der Waals surface area (Å²) >= 11 is 1.19. The van der Waals surface area contributed by atoms with Crippen LogP contribution in [0.1, 0.15) is 19.3 Å². The van der Waals surface area contributed by atoms with Gasteiger partial charge in [-0.2, -0.15) is 0 Å². The van der Waals surface area contributed by atoms with Crippen LogP contribution in [0.4, 0.5) is 4.39 Å².